The summed E-state index contributed by atoms with van der Waals surface area (Å²) in [6.45, 7) is 7.33. The van der Waals surface area contributed by atoms with Crippen molar-refractivity contribution in [2.24, 2.45) is 0 Å². The van der Waals surface area contributed by atoms with E-state index in [1.165, 1.54) is 0 Å². The van der Waals surface area contributed by atoms with Gasteiger partial charge in [-0.2, -0.15) is 0 Å². The molecule has 1 aliphatic rings. The minimum atomic E-state index is 0.0497. The molecular weight excluding hydrogens is 266 g/mol. The Bertz CT molecular complexity index is 440. The standard InChI is InChI=1S/C15H25N5O/c1-3-6-16-9-13-10-17-15(18-11-13)20-7-4-14(5-8-20)19-12(2)21/h10-11,14,16H,3-9H2,1-2H3,(H,19,21). The smallest absolute Gasteiger partial charge is 0.225 e. The molecule has 1 aliphatic heterocycles. The quantitative estimate of drug-likeness (QED) is 0.768. The van der Waals surface area contributed by atoms with Gasteiger partial charge in [0.15, 0.2) is 0 Å². The van der Waals surface area contributed by atoms with Crippen molar-refractivity contribution in [1.29, 1.82) is 0 Å². The van der Waals surface area contributed by atoms with Crippen LogP contribution in [-0.2, 0) is 11.3 Å². The van der Waals surface area contributed by atoms with E-state index < -0.39 is 0 Å². The molecule has 1 fully saturated rings. The Hall–Kier alpha value is -1.69. The van der Waals surface area contributed by atoms with Gasteiger partial charge in [-0.25, -0.2) is 9.97 Å². The summed E-state index contributed by atoms with van der Waals surface area (Å²) in [5.41, 5.74) is 1.11. The monoisotopic (exact) mass is 291 g/mol. The van der Waals surface area contributed by atoms with Crippen LogP contribution >= 0.6 is 0 Å². The topological polar surface area (TPSA) is 70.2 Å². The van der Waals surface area contributed by atoms with Crippen LogP contribution in [0, 0.1) is 0 Å². The van der Waals surface area contributed by atoms with Crippen molar-refractivity contribution in [3.63, 3.8) is 0 Å². The molecule has 116 valence electrons. The number of carbonyl (C=O) groups is 1. The van der Waals surface area contributed by atoms with Crippen LogP contribution < -0.4 is 15.5 Å². The summed E-state index contributed by atoms with van der Waals surface area (Å²) in [6.07, 6.45) is 6.81. The van der Waals surface area contributed by atoms with Crippen molar-refractivity contribution < 1.29 is 4.79 Å². The van der Waals surface area contributed by atoms with Crippen LogP contribution in [0.2, 0.25) is 0 Å². The number of nitrogens with zero attached hydrogens (tertiary/aromatic N) is 3. The summed E-state index contributed by atoms with van der Waals surface area (Å²) < 4.78 is 0. The second-order valence-corrected chi connectivity index (χ2v) is 5.53. The number of rotatable bonds is 6. The minimum Gasteiger partial charge on any atom is -0.353 e. The van der Waals surface area contributed by atoms with E-state index in [-0.39, 0.29) is 11.9 Å². The zero-order valence-electron chi connectivity index (χ0n) is 12.9. The van der Waals surface area contributed by atoms with E-state index in [2.05, 4.69) is 32.4 Å². The van der Waals surface area contributed by atoms with Gasteiger partial charge in [0.1, 0.15) is 0 Å². The second kappa shape index (κ2) is 7.93. The Labute approximate surface area is 126 Å². The molecule has 1 amide bonds. The minimum absolute atomic E-state index is 0.0497. The lowest BCUT2D eigenvalue weighted by Gasteiger charge is -2.32. The Balaban J connectivity index is 1.81. The number of carbonyl (C=O) groups excluding carboxylic acids is 1. The molecule has 0 radical (unpaired) electrons. The van der Waals surface area contributed by atoms with Gasteiger partial charge in [-0.05, 0) is 25.8 Å². The van der Waals surface area contributed by atoms with Crippen molar-refractivity contribution >= 4 is 11.9 Å². The van der Waals surface area contributed by atoms with Gasteiger partial charge < -0.3 is 15.5 Å². The molecule has 1 aromatic heterocycles. The van der Waals surface area contributed by atoms with Crippen LogP contribution in [0.25, 0.3) is 0 Å². The van der Waals surface area contributed by atoms with Crippen LogP contribution in [0.3, 0.4) is 0 Å². The van der Waals surface area contributed by atoms with E-state index in [0.717, 1.165) is 57.0 Å². The average Bonchev–Trinajstić information content (AvgIpc) is 2.49. The molecule has 21 heavy (non-hydrogen) atoms. The lowest BCUT2D eigenvalue weighted by molar-refractivity contribution is -0.119. The molecule has 2 N–H and O–H groups in total. The van der Waals surface area contributed by atoms with E-state index in [0.29, 0.717) is 0 Å². The summed E-state index contributed by atoms with van der Waals surface area (Å²) in [4.78, 5) is 22.1. The summed E-state index contributed by atoms with van der Waals surface area (Å²) in [6, 6.07) is 0.288. The first-order chi connectivity index (χ1) is 10.2. The SMILES string of the molecule is CCCNCc1cnc(N2CCC(NC(C)=O)CC2)nc1. The molecule has 2 heterocycles. The van der Waals surface area contributed by atoms with Crippen molar-refractivity contribution in [3.8, 4) is 0 Å². The third-order valence-corrected chi connectivity index (χ3v) is 3.63. The molecule has 0 aliphatic carbocycles. The number of hydrogen-bond donors (Lipinski definition) is 2. The predicted octanol–water partition coefficient (Wildman–Crippen LogP) is 1.08. The molecule has 2 rings (SSSR count). The molecule has 1 aromatic rings. The Kier molecular flexibility index (Phi) is 5.92. The van der Waals surface area contributed by atoms with Gasteiger partial charge in [-0.1, -0.05) is 6.92 Å². The lowest BCUT2D eigenvalue weighted by atomic mass is 10.1. The molecule has 0 bridgehead atoms. The predicted molar refractivity (Wildman–Crippen MR) is 83.1 cm³/mol. The second-order valence-electron chi connectivity index (χ2n) is 5.53. The first kappa shape index (κ1) is 15.7. The van der Waals surface area contributed by atoms with Gasteiger partial charge in [-0.3, -0.25) is 4.79 Å². The highest BCUT2D eigenvalue weighted by molar-refractivity contribution is 5.73. The van der Waals surface area contributed by atoms with E-state index in [9.17, 15) is 4.79 Å². The number of amides is 1. The molecule has 0 aromatic carbocycles. The zero-order valence-corrected chi connectivity index (χ0v) is 12.9. The molecule has 0 unspecified atom stereocenters. The van der Waals surface area contributed by atoms with Gasteiger partial charge >= 0.3 is 0 Å². The van der Waals surface area contributed by atoms with Crippen LogP contribution in [0.5, 0.6) is 0 Å². The molecule has 0 atom stereocenters. The lowest BCUT2D eigenvalue weighted by Crippen LogP contribution is -2.44. The number of nitrogens with one attached hydrogen (secondary N) is 2. The van der Waals surface area contributed by atoms with E-state index in [4.69, 9.17) is 0 Å². The van der Waals surface area contributed by atoms with E-state index >= 15 is 0 Å². The normalized spacial score (nSPS) is 16.0. The third-order valence-electron chi connectivity index (χ3n) is 3.63. The fraction of sp³-hybridized carbons (Fsp3) is 0.667. The van der Waals surface area contributed by atoms with Gasteiger partial charge in [0.05, 0.1) is 0 Å². The molecule has 6 nitrogen and oxygen atoms in total. The highest BCUT2D eigenvalue weighted by Crippen LogP contribution is 2.15. The van der Waals surface area contributed by atoms with Crippen molar-refractivity contribution in [1.82, 2.24) is 20.6 Å². The first-order valence-corrected chi connectivity index (χ1v) is 7.72. The summed E-state index contributed by atoms with van der Waals surface area (Å²) in [5.74, 6) is 0.837. The molecule has 0 saturated carbocycles. The fourth-order valence-electron chi connectivity index (χ4n) is 2.52. The van der Waals surface area contributed by atoms with Crippen molar-refractivity contribution in [3.05, 3.63) is 18.0 Å². The summed E-state index contributed by atoms with van der Waals surface area (Å²) >= 11 is 0. The average molecular weight is 291 g/mol. The molecule has 6 heteroatoms. The van der Waals surface area contributed by atoms with Crippen LogP contribution in [0.1, 0.15) is 38.7 Å². The van der Waals surface area contributed by atoms with E-state index in [1.807, 2.05) is 12.4 Å². The maximum absolute atomic E-state index is 11.1. The highest BCUT2D eigenvalue weighted by atomic mass is 16.1. The van der Waals surface area contributed by atoms with Gasteiger partial charge in [0, 0.05) is 50.6 Å². The largest absolute Gasteiger partial charge is 0.353 e. The van der Waals surface area contributed by atoms with E-state index in [1.54, 1.807) is 6.92 Å². The van der Waals surface area contributed by atoms with Crippen LogP contribution in [0.15, 0.2) is 12.4 Å². The van der Waals surface area contributed by atoms with Crippen molar-refractivity contribution in [2.45, 2.75) is 45.7 Å². The number of aromatic nitrogens is 2. The summed E-state index contributed by atoms with van der Waals surface area (Å²) in [7, 11) is 0. The van der Waals surface area contributed by atoms with Crippen LogP contribution in [0.4, 0.5) is 5.95 Å². The molecule has 1 saturated heterocycles. The molecular formula is C15H25N5O. The Morgan fingerprint density at radius 2 is 2.00 bits per heavy atom. The van der Waals surface area contributed by atoms with Gasteiger partial charge in [0.25, 0.3) is 0 Å². The Morgan fingerprint density at radius 1 is 1.33 bits per heavy atom. The number of hydrogen-bond acceptors (Lipinski definition) is 5. The Morgan fingerprint density at radius 3 is 2.57 bits per heavy atom. The maximum Gasteiger partial charge on any atom is 0.225 e. The van der Waals surface area contributed by atoms with Crippen LogP contribution in [-0.4, -0.2) is 41.6 Å². The maximum atomic E-state index is 11.1. The van der Waals surface area contributed by atoms with Crippen molar-refractivity contribution in [2.75, 3.05) is 24.5 Å². The first-order valence-electron chi connectivity index (χ1n) is 7.72. The zero-order chi connectivity index (χ0) is 15.1. The van der Waals surface area contributed by atoms with Gasteiger partial charge in [0.2, 0.25) is 11.9 Å². The third kappa shape index (κ3) is 4.97. The molecule has 0 spiro atoms. The number of anilines is 1. The number of piperidine rings is 1. The van der Waals surface area contributed by atoms with Gasteiger partial charge in [-0.15, -0.1) is 0 Å². The highest BCUT2D eigenvalue weighted by Gasteiger charge is 2.21. The fourth-order valence-corrected chi connectivity index (χ4v) is 2.52. The summed E-state index contributed by atoms with van der Waals surface area (Å²) in [5, 5.41) is 6.32.